The van der Waals surface area contributed by atoms with Crippen LogP contribution in [0.3, 0.4) is 0 Å². The van der Waals surface area contributed by atoms with Crippen LogP contribution in [0.5, 0.6) is 0 Å². The van der Waals surface area contributed by atoms with Gasteiger partial charge in [0.15, 0.2) is 0 Å². The Morgan fingerprint density at radius 1 is 1.40 bits per heavy atom. The Labute approximate surface area is 121 Å². The highest BCUT2D eigenvalue weighted by atomic mass is 32.2. The molecule has 2 aliphatic heterocycles. The second-order valence-electron chi connectivity index (χ2n) is 5.64. The van der Waals surface area contributed by atoms with Gasteiger partial charge in [-0.05, 0) is 26.2 Å². The predicted molar refractivity (Wildman–Crippen MR) is 75.8 cm³/mol. The fourth-order valence-corrected chi connectivity index (χ4v) is 4.13. The van der Waals surface area contributed by atoms with E-state index in [1.165, 1.54) is 10.6 Å². The summed E-state index contributed by atoms with van der Waals surface area (Å²) in [7, 11) is -3.30. The largest absolute Gasteiger partial charge is 0.381 e. The first kappa shape index (κ1) is 15.7. The maximum absolute atomic E-state index is 12.6. The second kappa shape index (κ2) is 6.41. The molecule has 116 valence electrons. The van der Waals surface area contributed by atoms with Crippen LogP contribution in [0.15, 0.2) is 0 Å². The zero-order valence-corrected chi connectivity index (χ0v) is 13.1. The van der Waals surface area contributed by atoms with E-state index in [1.807, 2.05) is 6.92 Å². The summed E-state index contributed by atoms with van der Waals surface area (Å²) in [6.07, 6.45) is 3.54. The summed E-state index contributed by atoms with van der Waals surface area (Å²) >= 11 is 0. The minimum Gasteiger partial charge on any atom is -0.381 e. The van der Waals surface area contributed by atoms with Gasteiger partial charge in [-0.15, -0.1) is 0 Å². The monoisotopic (exact) mass is 304 g/mol. The molecule has 2 fully saturated rings. The number of hydrogen-bond acceptors (Lipinski definition) is 4. The Balaban J connectivity index is 2.03. The average molecular weight is 304 g/mol. The van der Waals surface area contributed by atoms with E-state index in [4.69, 9.17) is 4.74 Å². The van der Waals surface area contributed by atoms with E-state index < -0.39 is 16.1 Å². The van der Waals surface area contributed by atoms with Crippen LogP contribution >= 0.6 is 0 Å². The standard InChI is InChI=1S/C13H24N2O4S/c1-3-14(9-11-6-8-19-10-11)13(16)12-5-4-7-15(12)20(2,17)18/h11-12H,3-10H2,1-2H3/t11-,12-/m1/s1. The molecule has 2 saturated heterocycles. The summed E-state index contributed by atoms with van der Waals surface area (Å²) in [5, 5.41) is 0. The van der Waals surface area contributed by atoms with Gasteiger partial charge in [0.25, 0.3) is 0 Å². The van der Waals surface area contributed by atoms with Crippen molar-refractivity contribution in [2.45, 2.75) is 32.2 Å². The van der Waals surface area contributed by atoms with Crippen molar-refractivity contribution in [2.24, 2.45) is 5.92 Å². The fourth-order valence-electron chi connectivity index (χ4n) is 3.01. The molecule has 0 aromatic carbocycles. The number of likely N-dealkylation sites (N-methyl/N-ethyl adjacent to an activating group) is 1. The van der Waals surface area contributed by atoms with E-state index in [9.17, 15) is 13.2 Å². The van der Waals surface area contributed by atoms with Crippen molar-refractivity contribution in [1.82, 2.24) is 9.21 Å². The molecule has 0 aliphatic carbocycles. The zero-order chi connectivity index (χ0) is 14.8. The third-order valence-corrected chi connectivity index (χ3v) is 5.40. The van der Waals surface area contributed by atoms with Crippen LogP contribution in [-0.2, 0) is 19.6 Å². The van der Waals surface area contributed by atoms with Crippen molar-refractivity contribution < 1.29 is 17.9 Å². The summed E-state index contributed by atoms with van der Waals surface area (Å²) < 4.78 is 30.2. The molecule has 2 atom stereocenters. The van der Waals surface area contributed by atoms with Crippen molar-refractivity contribution in [3.8, 4) is 0 Å². The van der Waals surface area contributed by atoms with Crippen LogP contribution in [0.25, 0.3) is 0 Å². The van der Waals surface area contributed by atoms with Crippen LogP contribution in [0, 0.1) is 5.92 Å². The number of ether oxygens (including phenoxy) is 1. The van der Waals surface area contributed by atoms with Crippen molar-refractivity contribution >= 4 is 15.9 Å². The van der Waals surface area contributed by atoms with Crippen molar-refractivity contribution in [3.63, 3.8) is 0 Å². The van der Waals surface area contributed by atoms with Gasteiger partial charge in [0.05, 0.1) is 12.9 Å². The lowest BCUT2D eigenvalue weighted by molar-refractivity contribution is -0.135. The molecule has 0 radical (unpaired) electrons. The Hall–Kier alpha value is -0.660. The van der Waals surface area contributed by atoms with Gasteiger partial charge in [-0.2, -0.15) is 4.31 Å². The van der Waals surface area contributed by atoms with E-state index in [0.717, 1.165) is 19.4 Å². The minimum absolute atomic E-state index is 0.0534. The molecule has 0 saturated carbocycles. The number of nitrogens with zero attached hydrogens (tertiary/aromatic N) is 2. The smallest absolute Gasteiger partial charge is 0.241 e. The minimum atomic E-state index is -3.30. The van der Waals surface area contributed by atoms with Crippen LogP contribution < -0.4 is 0 Å². The quantitative estimate of drug-likeness (QED) is 0.732. The summed E-state index contributed by atoms with van der Waals surface area (Å²) in [5.74, 6) is 0.328. The van der Waals surface area contributed by atoms with Crippen molar-refractivity contribution in [3.05, 3.63) is 0 Å². The van der Waals surface area contributed by atoms with Crippen molar-refractivity contribution in [2.75, 3.05) is 39.1 Å². The number of carbonyl (C=O) groups excluding carboxylic acids is 1. The Morgan fingerprint density at radius 3 is 2.70 bits per heavy atom. The molecule has 2 rings (SSSR count). The first-order valence-corrected chi connectivity index (χ1v) is 9.11. The van der Waals surface area contributed by atoms with E-state index >= 15 is 0 Å². The maximum atomic E-state index is 12.6. The summed E-state index contributed by atoms with van der Waals surface area (Å²) in [6.45, 7) is 5.14. The van der Waals surface area contributed by atoms with E-state index in [-0.39, 0.29) is 5.91 Å². The highest BCUT2D eigenvalue weighted by Crippen LogP contribution is 2.23. The van der Waals surface area contributed by atoms with Gasteiger partial charge in [0.1, 0.15) is 6.04 Å². The molecular weight excluding hydrogens is 280 g/mol. The van der Waals surface area contributed by atoms with Gasteiger partial charge in [-0.25, -0.2) is 8.42 Å². The number of carbonyl (C=O) groups is 1. The third kappa shape index (κ3) is 3.51. The lowest BCUT2D eigenvalue weighted by Crippen LogP contribution is -2.48. The SMILES string of the molecule is CCN(C[C@H]1CCOC1)C(=O)[C@H]1CCCN1S(C)(=O)=O. The van der Waals surface area contributed by atoms with Crippen LogP contribution in [0.2, 0.25) is 0 Å². The molecule has 1 amide bonds. The highest BCUT2D eigenvalue weighted by Gasteiger charge is 2.38. The summed E-state index contributed by atoms with van der Waals surface area (Å²) in [4.78, 5) is 14.4. The van der Waals surface area contributed by atoms with E-state index in [1.54, 1.807) is 4.90 Å². The molecule has 0 bridgehead atoms. The number of amides is 1. The average Bonchev–Trinajstić information content (AvgIpc) is 3.05. The Kier molecular flexibility index (Phi) is 5.04. The fraction of sp³-hybridized carbons (Fsp3) is 0.923. The predicted octanol–water partition coefficient (Wildman–Crippen LogP) is 0.295. The molecule has 0 aromatic heterocycles. The Bertz CT molecular complexity index is 445. The van der Waals surface area contributed by atoms with Gasteiger partial charge >= 0.3 is 0 Å². The molecule has 2 heterocycles. The summed E-state index contributed by atoms with van der Waals surface area (Å²) in [5.41, 5.74) is 0. The lowest BCUT2D eigenvalue weighted by atomic mass is 10.1. The first-order valence-electron chi connectivity index (χ1n) is 7.26. The van der Waals surface area contributed by atoms with Gasteiger partial charge in [0.2, 0.25) is 15.9 Å². The summed E-state index contributed by atoms with van der Waals surface area (Å²) in [6, 6.07) is -0.507. The highest BCUT2D eigenvalue weighted by molar-refractivity contribution is 7.88. The van der Waals surface area contributed by atoms with Crippen LogP contribution in [0.1, 0.15) is 26.2 Å². The molecule has 7 heteroatoms. The Morgan fingerprint density at radius 2 is 2.15 bits per heavy atom. The maximum Gasteiger partial charge on any atom is 0.241 e. The lowest BCUT2D eigenvalue weighted by Gasteiger charge is -2.29. The second-order valence-corrected chi connectivity index (χ2v) is 7.57. The van der Waals surface area contributed by atoms with Crippen LogP contribution in [-0.4, -0.2) is 68.7 Å². The zero-order valence-electron chi connectivity index (χ0n) is 12.2. The third-order valence-electron chi connectivity index (χ3n) is 4.11. The molecule has 6 nitrogen and oxygen atoms in total. The van der Waals surface area contributed by atoms with Gasteiger partial charge in [-0.3, -0.25) is 4.79 Å². The first-order chi connectivity index (χ1) is 9.43. The molecule has 0 N–H and O–H groups in total. The van der Waals surface area contributed by atoms with E-state index in [2.05, 4.69) is 0 Å². The number of hydrogen-bond donors (Lipinski definition) is 0. The van der Waals surface area contributed by atoms with Crippen LogP contribution in [0.4, 0.5) is 0 Å². The van der Waals surface area contributed by atoms with Gasteiger partial charge in [-0.1, -0.05) is 0 Å². The van der Waals surface area contributed by atoms with E-state index in [0.29, 0.717) is 38.6 Å². The topological polar surface area (TPSA) is 66.9 Å². The van der Waals surface area contributed by atoms with Crippen molar-refractivity contribution in [1.29, 1.82) is 0 Å². The normalized spacial score (nSPS) is 27.9. The number of sulfonamides is 1. The molecule has 0 spiro atoms. The van der Waals surface area contributed by atoms with Gasteiger partial charge < -0.3 is 9.64 Å². The molecule has 0 unspecified atom stereocenters. The number of rotatable bonds is 5. The molecular formula is C13H24N2O4S. The molecule has 20 heavy (non-hydrogen) atoms. The molecule has 2 aliphatic rings. The molecule has 0 aromatic rings. The van der Waals surface area contributed by atoms with Gasteiger partial charge in [0, 0.05) is 32.2 Å².